The number of rotatable bonds is 8. The maximum atomic E-state index is 12.4. The van der Waals surface area contributed by atoms with Gasteiger partial charge in [-0.15, -0.1) is 0 Å². The van der Waals surface area contributed by atoms with Gasteiger partial charge in [-0.05, 0) is 36.8 Å². The molecule has 0 saturated heterocycles. The van der Waals surface area contributed by atoms with Gasteiger partial charge in [-0.1, -0.05) is 42.1 Å². The average molecular weight is 395 g/mol. The van der Waals surface area contributed by atoms with Gasteiger partial charge in [0, 0.05) is 12.4 Å². The Balaban J connectivity index is 1.58. The SMILES string of the molecule is COc1cccc([C@H](C)NC(=O)CSc2nccnc2Oc2ccccc2)c1. The molecule has 6 nitrogen and oxygen atoms in total. The summed E-state index contributed by atoms with van der Waals surface area (Å²) in [5.74, 6) is 1.91. The minimum atomic E-state index is -0.134. The molecule has 7 heteroatoms. The first-order chi connectivity index (χ1) is 13.7. The summed E-state index contributed by atoms with van der Waals surface area (Å²) in [5, 5.41) is 3.55. The van der Waals surface area contributed by atoms with E-state index >= 15 is 0 Å². The van der Waals surface area contributed by atoms with Gasteiger partial charge >= 0.3 is 0 Å². The summed E-state index contributed by atoms with van der Waals surface area (Å²) in [4.78, 5) is 20.9. The van der Waals surface area contributed by atoms with Crippen LogP contribution in [0.15, 0.2) is 72.0 Å². The quantitative estimate of drug-likeness (QED) is 0.575. The van der Waals surface area contributed by atoms with E-state index in [1.807, 2.05) is 61.5 Å². The van der Waals surface area contributed by atoms with E-state index in [-0.39, 0.29) is 17.7 Å². The van der Waals surface area contributed by atoms with Crippen LogP contribution < -0.4 is 14.8 Å². The van der Waals surface area contributed by atoms with Crippen molar-refractivity contribution in [2.75, 3.05) is 12.9 Å². The lowest BCUT2D eigenvalue weighted by Crippen LogP contribution is -2.28. The molecule has 144 valence electrons. The summed E-state index contributed by atoms with van der Waals surface area (Å²) >= 11 is 1.28. The van der Waals surface area contributed by atoms with Gasteiger partial charge in [-0.2, -0.15) is 0 Å². The number of hydrogen-bond donors (Lipinski definition) is 1. The number of benzene rings is 2. The molecule has 28 heavy (non-hydrogen) atoms. The Morgan fingerprint density at radius 1 is 1.07 bits per heavy atom. The number of hydrogen-bond acceptors (Lipinski definition) is 6. The maximum absolute atomic E-state index is 12.4. The van der Waals surface area contributed by atoms with E-state index in [1.54, 1.807) is 19.5 Å². The summed E-state index contributed by atoms with van der Waals surface area (Å²) in [6, 6.07) is 16.9. The fourth-order valence-electron chi connectivity index (χ4n) is 2.49. The first kappa shape index (κ1) is 19.7. The van der Waals surface area contributed by atoms with E-state index in [2.05, 4.69) is 15.3 Å². The van der Waals surface area contributed by atoms with E-state index in [9.17, 15) is 4.79 Å². The zero-order chi connectivity index (χ0) is 19.8. The highest BCUT2D eigenvalue weighted by atomic mass is 32.2. The number of nitrogens with zero attached hydrogens (tertiary/aromatic N) is 2. The molecule has 0 aliphatic carbocycles. The van der Waals surface area contributed by atoms with Gasteiger partial charge in [0.05, 0.1) is 18.9 Å². The number of thioether (sulfide) groups is 1. The molecular formula is C21H21N3O3S. The van der Waals surface area contributed by atoms with Crippen LogP contribution in [-0.2, 0) is 4.79 Å². The van der Waals surface area contributed by atoms with Gasteiger partial charge in [-0.25, -0.2) is 9.97 Å². The van der Waals surface area contributed by atoms with E-state index in [0.29, 0.717) is 16.7 Å². The minimum absolute atomic E-state index is 0.100. The summed E-state index contributed by atoms with van der Waals surface area (Å²) in [6.07, 6.45) is 3.14. The summed E-state index contributed by atoms with van der Waals surface area (Å²) in [7, 11) is 1.62. The van der Waals surface area contributed by atoms with E-state index in [4.69, 9.17) is 9.47 Å². The van der Waals surface area contributed by atoms with Crippen LogP contribution in [-0.4, -0.2) is 28.7 Å². The third-order valence-electron chi connectivity index (χ3n) is 3.90. The van der Waals surface area contributed by atoms with Gasteiger partial charge in [0.1, 0.15) is 11.5 Å². The van der Waals surface area contributed by atoms with E-state index in [0.717, 1.165) is 11.3 Å². The lowest BCUT2D eigenvalue weighted by atomic mass is 10.1. The topological polar surface area (TPSA) is 73.3 Å². The zero-order valence-electron chi connectivity index (χ0n) is 15.7. The van der Waals surface area contributed by atoms with Gasteiger partial charge in [-0.3, -0.25) is 4.79 Å². The molecular weight excluding hydrogens is 374 g/mol. The Morgan fingerprint density at radius 2 is 1.82 bits per heavy atom. The number of methoxy groups -OCH3 is 1. The molecule has 0 spiro atoms. The van der Waals surface area contributed by atoms with Crippen molar-refractivity contribution in [1.82, 2.24) is 15.3 Å². The van der Waals surface area contributed by atoms with Crippen LogP contribution >= 0.6 is 11.8 Å². The number of carbonyl (C=O) groups excluding carboxylic acids is 1. The molecule has 0 fully saturated rings. The molecule has 3 aromatic rings. The molecule has 0 bridgehead atoms. The summed E-state index contributed by atoms with van der Waals surface area (Å²) in [5.41, 5.74) is 0.977. The van der Waals surface area contributed by atoms with Gasteiger partial charge in [0.2, 0.25) is 5.91 Å². The van der Waals surface area contributed by atoms with Crippen molar-refractivity contribution < 1.29 is 14.3 Å². The highest BCUT2D eigenvalue weighted by Crippen LogP contribution is 2.28. The van der Waals surface area contributed by atoms with Crippen LogP contribution in [0, 0.1) is 0 Å². The van der Waals surface area contributed by atoms with Crippen molar-refractivity contribution in [3.05, 3.63) is 72.6 Å². The van der Waals surface area contributed by atoms with Gasteiger partial charge in [0.25, 0.3) is 5.88 Å². The van der Waals surface area contributed by atoms with Crippen molar-refractivity contribution >= 4 is 17.7 Å². The fraction of sp³-hybridized carbons (Fsp3) is 0.190. The number of para-hydroxylation sites is 1. The Kier molecular flexibility index (Phi) is 6.86. The molecule has 0 saturated carbocycles. The second-order valence-corrected chi connectivity index (χ2v) is 6.90. The zero-order valence-corrected chi connectivity index (χ0v) is 16.5. The van der Waals surface area contributed by atoms with Crippen molar-refractivity contribution in [3.8, 4) is 17.4 Å². The average Bonchev–Trinajstić information content (AvgIpc) is 2.74. The van der Waals surface area contributed by atoms with Crippen LogP contribution in [0.2, 0.25) is 0 Å². The first-order valence-corrected chi connectivity index (χ1v) is 9.74. The molecule has 1 aromatic heterocycles. The molecule has 1 heterocycles. The highest BCUT2D eigenvalue weighted by Gasteiger charge is 2.14. The first-order valence-electron chi connectivity index (χ1n) is 8.75. The monoisotopic (exact) mass is 395 g/mol. The van der Waals surface area contributed by atoms with Crippen molar-refractivity contribution in [2.45, 2.75) is 18.0 Å². The number of nitrogens with one attached hydrogen (secondary N) is 1. The van der Waals surface area contributed by atoms with Crippen LogP contribution in [0.4, 0.5) is 0 Å². The Hall–Kier alpha value is -3.06. The fourth-order valence-corrected chi connectivity index (χ4v) is 3.20. The largest absolute Gasteiger partial charge is 0.497 e. The van der Waals surface area contributed by atoms with E-state index in [1.165, 1.54) is 11.8 Å². The summed E-state index contributed by atoms with van der Waals surface area (Å²) < 4.78 is 11.0. The second kappa shape index (κ2) is 9.75. The maximum Gasteiger partial charge on any atom is 0.252 e. The Morgan fingerprint density at radius 3 is 2.61 bits per heavy atom. The predicted octanol–water partition coefficient (Wildman–Crippen LogP) is 4.25. The lowest BCUT2D eigenvalue weighted by molar-refractivity contribution is -0.119. The molecule has 1 amide bonds. The normalized spacial score (nSPS) is 11.5. The molecule has 2 aromatic carbocycles. The van der Waals surface area contributed by atoms with Crippen LogP contribution in [0.25, 0.3) is 0 Å². The predicted molar refractivity (Wildman–Crippen MR) is 109 cm³/mol. The molecule has 0 radical (unpaired) electrons. The van der Waals surface area contributed by atoms with Crippen molar-refractivity contribution in [1.29, 1.82) is 0 Å². The second-order valence-electron chi connectivity index (χ2n) is 5.94. The Labute approximate surface area is 168 Å². The number of amides is 1. The van der Waals surface area contributed by atoms with Crippen LogP contribution in [0.5, 0.6) is 17.4 Å². The molecule has 3 rings (SSSR count). The molecule has 0 aliphatic rings. The number of ether oxygens (including phenoxy) is 2. The van der Waals surface area contributed by atoms with Gasteiger partial charge in [0.15, 0.2) is 5.03 Å². The van der Waals surface area contributed by atoms with E-state index < -0.39 is 0 Å². The van der Waals surface area contributed by atoms with Crippen LogP contribution in [0.3, 0.4) is 0 Å². The smallest absolute Gasteiger partial charge is 0.252 e. The third kappa shape index (κ3) is 5.47. The third-order valence-corrected chi connectivity index (χ3v) is 4.86. The minimum Gasteiger partial charge on any atom is -0.497 e. The lowest BCUT2D eigenvalue weighted by Gasteiger charge is -2.15. The number of carbonyl (C=O) groups is 1. The Bertz CT molecular complexity index is 922. The molecule has 1 atom stereocenters. The molecule has 1 N–H and O–H groups in total. The van der Waals surface area contributed by atoms with Crippen molar-refractivity contribution in [2.24, 2.45) is 0 Å². The number of aromatic nitrogens is 2. The summed E-state index contributed by atoms with van der Waals surface area (Å²) in [6.45, 7) is 1.93. The van der Waals surface area contributed by atoms with Gasteiger partial charge < -0.3 is 14.8 Å². The standard InChI is InChI=1S/C21H21N3O3S/c1-15(16-7-6-10-18(13-16)26-2)24-19(25)14-28-21-20(22-11-12-23-21)27-17-8-4-3-5-9-17/h3-13,15H,14H2,1-2H3,(H,24,25)/t15-/m0/s1. The van der Waals surface area contributed by atoms with Crippen molar-refractivity contribution in [3.63, 3.8) is 0 Å². The molecule has 0 unspecified atom stereocenters. The molecule has 0 aliphatic heterocycles. The highest BCUT2D eigenvalue weighted by molar-refractivity contribution is 8.00. The van der Waals surface area contributed by atoms with Crippen LogP contribution in [0.1, 0.15) is 18.5 Å².